The number of carbonyl (C=O) groups excluding carboxylic acids is 2. The fourth-order valence-corrected chi connectivity index (χ4v) is 7.59. The van der Waals surface area contributed by atoms with Gasteiger partial charge in [-0.1, -0.05) is 78.9 Å². The Balaban J connectivity index is 1.39. The average Bonchev–Trinajstić information content (AvgIpc) is 3.11. The lowest BCUT2D eigenvalue weighted by Gasteiger charge is -2.29. The molecule has 4 aromatic rings. The highest BCUT2D eigenvalue weighted by molar-refractivity contribution is 7.92. The molecule has 0 unspecified atom stereocenters. The minimum Gasteiger partial charge on any atom is -0.390 e. The maximum absolute atomic E-state index is 13.9. The van der Waals surface area contributed by atoms with Crippen LogP contribution in [0.1, 0.15) is 68.8 Å². The maximum Gasteiger partial charge on any atom is 0.416 e. The quantitative estimate of drug-likeness (QED) is 0.142. The number of hydrogen-bond donors (Lipinski definition) is 4. The number of aliphatic hydroxyl groups is 1. The van der Waals surface area contributed by atoms with Gasteiger partial charge in [0.15, 0.2) is 0 Å². The average molecular weight is 723 g/mol. The summed E-state index contributed by atoms with van der Waals surface area (Å²) >= 11 is 0. The molecule has 4 N–H and O–H groups in total. The predicted octanol–water partition coefficient (Wildman–Crippen LogP) is 5.62. The summed E-state index contributed by atoms with van der Waals surface area (Å²) in [7, 11) is -3.69. The van der Waals surface area contributed by atoms with Crippen LogP contribution in [0.2, 0.25) is 0 Å². The van der Waals surface area contributed by atoms with E-state index < -0.39 is 45.7 Å². The van der Waals surface area contributed by atoms with Gasteiger partial charge >= 0.3 is 6.18 Å². The number of nitrogens with zero attached hydrogens (tertiary/aromatic N) is 1. The van der Waals surface area contributed by atoms with Crippen LogP contribution in [0, 0.1) is 0 Å². The van der Waals surface area contributed by atoms with Crippen LogP contribution in [0.15, 0.2) is 103 Å². The van der Waals surface area contributed by atoms with Crippen molar-refractivity contribution >= 4 is 27.5 Å². The summed E-state index contributed by atoms with van der Waals surface area (Å²) < 4.78 is 67.0. The van der Waals surface area contributed by atoms with Crippen molar-refractivity contribution < 1.29 is 36.3 Å². The van der Waals surface area contributed by atoms with Crippen LogP contribution in [-0.4, -0.2) is 56.3 Å². The van der Waals surface area contributed by atoms with Crippen LogP contribution in [0.3, 0.4) is 0 Å². The zero-order valence-corrected chi connectivity index (χ0v) is 28.9. The van der Waals surface area contributed by atoms with Crippen LogP contribution < -0.4 is 20.3 Å². The van der Waals surface area contributed by atoms with E-state index >= 15 is 0 Å². The Morgan fingerprint density at radius 2 is 1.45 bits per heavy atom. The minimum absolute atomic E-state index is 0.0213. The van der Waals surface area contributed by atoms with E-state index in [4.69, 9.17) is 0 Å². The van der Waals surface area contributed by atoms with E-state index in [1.165, 1.54) is 28.6 Å². The van der Waals surface area contributed by atoms with E-state index in [2.05, 4.69) is 16.0 Å². The summed E-state index contributed by atoms with van der Waals surface area (Å²) in [4.78, 5) is 27.5. The Morgan fingerprint density at radius 3 is 2.10 bits per heavy atom. The van der Waals surface area contributed by atoms with Gasteiger partial charge in [0.25, 0.3) is 11.8 Å². The van der Waals surface area contributed by atoms with Crippen LogP contribution in [0.4, 0.5) is 18.9 Å². The molecule has 270 valence electrons. The Morgan fingerprint density at radius 1 is 0.824 bits per heavy atom. The molecule has 9 nitrogen and oxygen atoms in total. The molecule has 13 heteroatoms. The molecule has 1 fully saturated rings. The summed E-state index contributed by atoms with van der Waals surface area (Å²) in [6.07, 6.45) is -4.35. The molecule has 3 atom stereocenters. The fourth-order valence-electron chi connectivity index (χ4n) is 5.97. The number of aliphatic hydroxyl groups excluding tert-OH is 1. The summed E-state index contributed by atoms with van der Waals surface area (Å²) in [6.45, 7) is 1.99. The zero-order chi connectivity index (χ0) is 36.6. The molecular weight excluding hydrogens is 682 g/mol. The highest BCUT2D eigenvalue weighted by Crippen LogP contribution is 2.30. The second-order valence-corrected chi connectivity index (χ2v) is 14.6. The van der Waals surface area contributed by atoms with Crippen LogP contribution >= 0.6 is 0 Å². The number of rotatable bonds is 13. The number of alkyl halides is 3. The first-order valence-electron chi connectivity index (χ1n) is 16.7. The lowest BCUT2D eigenvalue weighted by Crippen LogP contribution is -2.48. The molecule has 2 amide bonds. The van der Waals surface area contributed by atoms with Crippen molar-refractivity contribution in [2.24, 2.45) is 0 Å². The number of nitrogens with one attached hydrogen (secondary N) is 3. The number of anilines is 1. The second-order valence-electron chi connectivity index (χ2n) is 12.6. The second kappa shape index (κ2) is 16.5. The molecule has 0 radical (unpaired) electrons. The van der Waals surface area contributed by atoms with Gasteiger partial charge in [-0.05, 0) is 67.1 Å². The van der Waals surface area contributed by atoms with E-state index in [-0.39, 0.29) is 54.7 Å². The Bertz CT molecular complexity index is 1910. The number of halogens is 3. The summed E-state index contributed by atoms with van der Waals surface area (Å²) in [5.74, 6) is -1.21. The minimum atomic E-state index is -4.49. The molecule has 0 bridgehead atoms. The monoisotopic (exact) mass is 722 g/mol. The molecule has 0 spiro atoms. The predicted molar refractivity (Wildman–Crippen MR) is 190 cm³/mol. The Hall–Kier alpha value is -4.72. The molecule has 0 aromatic heterocycles. The fraction of sp³-hybridized carbons (Fsp3) is 0.316. The number of benzene rings is 4. The van der Waals surface area contributed by atoms with Gasteiger partial charge in [-0.2, -0.15) is 13.2 Å². The third-order valence-electron chi connectivity index (χ3n) is 8.74. The number of carbonyl (C=O) groups is 2. The lowest BCUT2D eigenvalue weighted by molar-refractivity contribution is -0.137. The normalized spacial score (nSPS) is 16.1. The van der Waals surface area contributed by atoms with Crippen molar-refractivity contribution in [1.29, 1.82) is 0 Å². The van der Waals surface area contributed by atoms with Crippen molar-refractivity contribution in [3.05, 3.63) is 137 Å². The van der Waals surface area contributed by atoms with Gasteiger partial charge in [-0.15, -0.1) is 0 Å². The van der Waals surface area contributed by atoms with Gasteiger partial charge in [0.1, 0.15) is 0 Å². The molecule has 51 heavy (non-hydrogen) atoms. The number of sulfonamides is 1. The smallest absolute Gasteiger partial charge is 0.390 e. The van der Waals surface area contributed by atoms with Crippen molar-refractivity contribution in [3.63, 3.8) is 0 Å². The van der Waals surface area contributed by atoms with Crippen LogP contribution in [0.25, 0.3) is 0 Å². The van der Waals surface area contributed by atoms with E-state index in [0.717, 1.165) is 23.3 Å². The topological polar surface area (TPSA) is 128 Å². The molecule has 1 heterocycles. The third kappa shape index (κ3) is 10.2. The highest BCUT2D eigenvalue weighted by Gasteiger charge is 2.31. The molecule has 5 rings (SSSR count). The first kappa shape index (κ1) is 37.5. The van der Waals surface area contributed by atoms with Gasteiger partial charge in [0, 0.05) is 30.8 Å². The van der Waals surface area contributed by atoms with Gasteiger partial charge in [0.05, 0.1) is 35.2 Å². The van der Waals surface area contributed by atoms with Crippen molar-refractivity contribution in [2.75, 3.05) is 23.1 Å². The first-order chi connectivity index (χ1) is 24.3. The lowest BCUT2D eigenvalue weighted by atomic mass is 9.99. The van der Waals surface area contributed by atoms with Crippen LogP contribution in [0.5, 0.6) is 0 Å². The number of amides is 2. The van der Waals surface area contributed by atoms with E-state index in [1.807, 2.05) is 67.6 Å². The number of hydrogen-bond acceptors (Lipinski definition) is 6. The first-order valence-corrected chi connectivity index (χ1v) is 18.3. The van der Waals surface area contributed by atoms with E-state index in [1.54, 1.807) is 6.07 Å². The summed E-state index contributed by atoms with van der Waals surface area (Å²) in [5, 5.41) is 20.1. The van der Waals surface area contributed by atoms with Gasteiger partial charge in [-0.25, -0.2) is 8.42 Å². The van der Waals surface area contributed by atoms with E-state index in [9.17, 15) is 36.3 Å². The van der Waals surface area contributed by atoms with Gasteiger partial charge in [0.2, 0.25) is 10.0 Å². The standard InChI is InChI=1S/C38H41F3N4O5S/c1-26(29-14-6-3-7-15-29)43-36(47)30-21-31(23-33(22-30)45-17-8-9-18-51(45,49)50)37(48)44-34(20-27-11-4-2-5-12-27)35(46)25-42-24-28-13-10-16-32(19-28)38(39,40)41/h2-7,10-16,19,21-23,26,34-35,42,46H,8-9,17-18,20,24-25H2,1H3,(H,43,47)(H,44,48)/t26-,34+,35-/m1/s1. The molecule has 0 aliphatic carbocycles. The van der Waals surface area contributed by atoms with E-state index in [0.29, 0.717) is 18.4 Å². The highest BCUT2D eigenvalue weighted by atomic mass is 32.2. The van der Waals surface area contributed by atoms with Crippen LogP contribution in [-0.2, 0) is 29.2 Å². The summed E-state index contributed by atoms with van der Waals surface area (Å²) in [6, 6.07) is 26.3. The molecule has 1 saturated heterocycles. The maximum atomic E-state index is 13.9. The van der Waals surface area contributed by atoms with Gasteiger partial charge in [-0.3, -0.25) is 13.9 Å². The largest absolute Gasteiger partial charge is 0.416 e. The van der Waals surface area contributed by atoms with Gasteiger partial charge < -0.3 is 21.1 Å². The molecule has 0 saturated carbocycles. The van der Waals surface area contributed by atoms with Crippen molar-refractivity contribution in [3.8, 4) is 0 Å². The van der Waals surface area contributed by atoms with Crippen molar-refractivity contribution in [1.82, 2.24) is 16.0 Å². The molecule has 1 aliphatic heterocycles. The van der Waals surface area contributed by atoms with Crippen molar-refractivity contribution in [2.45, 2.75) is 57.1 Å². The molecular formula is C38H41F3N4O5S. The SMILES string of the molecule is C[C@@H](NC(=O)c1cc(C(=O)N[C@@H](Cc2ccccc2)[C@H](O)CNCc2cccc(C(F)(F)F)c2)cc(N2CCCCS2(=O)=O)c1)c1ccccc1. The molecule has 1 aliphatic rings. The third-order valence-corrected chi connectivity index (χ3v) is 10.6. The summed E-state index contributed by atoms with van der Waals surface area (Å²) in [5.41, 5.74) is 1.55. The molecule has 4 aromatic carbocycles. The Labute approximate surface area is 295 Å². The zero-order valence-electron chi connectivity index (χ0n) is 28.1. The Kier molecular flexibility index (Phi) is 12.2.